The molecule has 3 N–H and O–H groups in total. The molecule has 5 heteroatoms. The molecule has 0 aromatic heterocycles. The first-order chi connectivity index (χ1) is 10.2. The molecule has 3 rings (SSSR count). The number of rotatable bonds is 5. The normalized spacial score (nSPS) is 17.0. The molecule has 2 amide bonds. The van der Waals surface area contributed by atoms with Crippen LogP contribution in [0.5, 0.6) is 0 Å². The van der Waals surface area contributed by atoms with Crippen molar-refractivity contribution in [1.29, 1.82) is 0 Å². The van der Waals surface area contributed by atoms with Crippen LogP contribution in [-0.2, 0) is 17.8 Å². The molecule has 0 radical (unpaired) electrons. The number of carbonyl (C=O) groups is 2. The lowest BCUT2D eigenvalue weighted by atomic mass is 9.98. The maximum Gasteiger partial charge on any atom is 0.251 e. The summed E-state index contributed by atoms with van der Waals surface area (Å²) < 4.78 is 0. The molecule has 0 bridgehead atoms. The van der Waals surface area contributed by atoms with E-state index in [-0.39, 0.29) is 11.8 Å². The summed E-state index contributed by atoms with van der Waals surface area (Å²) in [5.41, 5.74) is 3.18. The summed E-state index contributed by atoms with van der Waals surface area (Å²) in [5, 5.41) is 9.02. The second kappa shape index (κ2) is 6.26. The molecule has 0 unspecified atom stereocenters. The molecule has 1 fully saturated rings. The van der Waals surface area contributed by atoms with E-state index in [4.69, 9.17) is 0 Å². The van der Waals surface area contributed by atoms with Gasteiger partial charge in [-0.05, 0) is 49.1 Å². The average Bonchev–Trinajstić information content (AvgIpc) is 3.30. The number of fused-ring (bicyclic) bond motifs is 1. The van der Waals surface area contributed by atoms with Gasteiger partial charge in [-0.25, -0.2) is 0 Å². The summed E-state index contributed by atoms with van der Waals surface area (Å²) in [7, 11) is 0. The maximum absolute atomic E-state index is 12.1. The molecule has 21 heavy (non-hydrogen) atoms. The Hall–Kier alpha value is -1.88. The van der Waals surface area contributed by atoms with Crippen molar-refractivity contribution in [2.24, 2.45) is 0 Å². The van der Waals surface area contributed by atoms with Crippen LogP contribution in [0, 0.1) is 0 Å². The van der Waals surface area contributed by atoms with E-state index < -0.39 is 0 Å². The fourth-order valence-electron chi connectivity index (χ4n) is 2.54. The third-order valence-electron chi connectivity index (χ3n) is 3.94. The molecule has 1 aliphatic heterocycles. The number of amides is 2. The summed E-state index contributed by atoms with van der Waals surface area (Å²) in [6.45, 7) is 2.20. The van der Waals surface area contributed by atoms with Gasteiger partial charge in [-0.3, -0.25) is 9.59 Å². The average molecular weight is 287 g/mol. The van der Waals surface area contributed by atoms with Crippen molar-refractivity contribution in [3.05, 3.63) is 34.9 Å². The predicted molar refractivity (Wildman–Crippen MR) is 80.0 cm³/mol. The zero-order valence-electron chi connectivity index (χ0n) is 12.1. The molecule has 1 heterocycles. The summed E-state index contributed by atoms with van der Waals surface area (Å²) in [6.07, 6.45) is 3.52. The van der Waals surface area contributed by atoms with Gasteiger partial charge < -0.3 is 16.0 Å². The van der Waals surface area contributed by atoms with Gasteiger partial charge in [0.25, 0.3) is 5.91 Å². The Morgan fingerprint density at radius 3 is 2.90 bits per heavy atom. The van der Waals surface area contributed by atoms with Crippen LogP contribution in [0.1, 0.15) is 40.7 Å². The minimum absolute atomic E-state index is 0.0208. The zero-order valence-corrected chi connectivity index (χ0v) is 12.1. The van der Waals surface area contributed by atoms with Crippen molar-refractivity contribution < 1.29 is 9.59 Å². The SMILES string of the molecule is O=C(CCNC(=O)c1ccc2c(c1)CNCC2)NC1CC1. The van der Waals surface area contributed by atoms with Crippen molar-refractivity contribution >= 4 is 11.8 Å². The van der Waals surface area contributed by atoms with Crippen LogP contribution in [-0.4, -0.2) is 30.9 Å². The van der Waals surface area contributed by atoms with Crippen molar-refractivity contribution in [2.75, 3.05) is 13.1 Å². The Labute approximate surface area is 124 Å². The first-order valence-corrected chi connectivity index (χ1v) is 7.62. The van der Waals surface area contributed by atoms with E-state index in [1.165, 1.54) is 11.1 Å². The second-order valence-electron chi connectivity index (χ2n) is 5.76. The summed E-state index contributed by atoms with van der Waals surface area (Å²) in [6, 6.07) is 6.22. The molecular weight excluding hydrogens is 266 g/mol. The fourth-order valence-corrected chi connectivity index (χ4v) is 2.54. The van der Waals surface area contributed by atoms with E-state index in [0.717, 1.165) is 32.4 Å². The van der Waals surface area contributed by atoms with Gasteiger partial charge in [0, 0.05) is 31.1 Å². The topological polar surface area (TPSA) is 70.2 Å². The largest absolute Gasteiger partial charge is 0.353 e. The molecule has 0 saturated heterocycles. The van der Waals surface area contributed by atoms with Gasteiger partial charge in [-0.2, -0.15) is 0 Å². The molecule has 1 saturated carbocycles. The number of hydrogen-bond donors (Lipinski definition) is 3. The summed E-state index contributed by atoms with van der Waals surface area (Å²) in [5.74, 6) is -0.0879. The highest BCUT2D eigenvalue weighted by Crippen LogP contribution is 2.18. The van der Waals surface area contributed by atoms with Gasteiger partial charge in [-0.15, -0.1) is 0 Å². The molecular formula is C16H21N3O2. The minimum atomic E-state index is -0.109. The van der Waals surface area contributed by atoms with Gasteiger partial charge in [0.1, 0.15) is 0 Å². The van der Waals surface area contributed by atoms with E-state index >= 15 is 0 Å². The quantitative estimate of drug-likeness (QED) is 0.748. The Morgan fingerprint density at radius 1 is 1.24 bits per heavy atom. The van der Waals surface area contributed by atoms with E-state index in [0.29, 0.717) is 24.6 Å². The Bertz CT molecular complexity index is 552. The van der Waals surface area contributed by atoms with Crippen LogP contribution in [0.4, 0.5) is 0 Å². The van der Waals surface area contributed by atoms with Crippen molar-refractivity contribution in [3.8, 4) is 0 Å². The van der Waals surface area contributed by atoms with Crippen molar-refractivity contribution in [3.63, 3.8) is 0 Å². The van der Waals surface area contributed by atoms with Crippen LogP contribution in [0.25, 0.3) is 0 Å². The molecule has 0 atom stereocenters. The highest BCUT2D eigenvalue weighted by Gasteiger charge is 2.22. The lowest BCUT2D eigenvalue weighted by Crippen LogP contribution is -2.32. The van der Waals surface area contributed by atoms with E-state index in [9.17, 15) is 9.59 Å². The van der Waals surface area contributed by atoms with E-state index in [1.54, 1.807) is 0 Å². The first-order valence-electron chi connectivity index (χ1n) is 7.62. The van der Waals surface area contributed by atoms with Crippen LogP contribution in [0.3, 0.4) is 0 Å². The minimum Gasteiger partial charge on any atom is -0.353 e. The lowest BCUT2D eigenvalue weighted by Gasteiger charge is -2.17. The lowest BCUT2D eigenvalue weighted by molar-refractivity contribution is -0.121. The number of carbonyl (C=O) groups excluding carboxylic acids is 2. The predicted octanol–water partition coefficient (Wildman–Crippen LogP) is 0.731. The van der Waals surface area contributed by atoms with Crippen molar-refractivity contribution in [1.82, 2.24) is 16.0 Å². The Balaban J connectivity index is 1.49. The molecule has 112 valence electrons. The van der Waals surface area contributed by atoms with Gasteiger partial charge in [-0.1, -0.05) is 6.07 Å². The van der Waals surface area contributed by atoms with Crippen LogP contribution < -0.4 is 16.0 Å². The van der Waals surface area contributed by atoms with Crippen LogP contribution >= 0.6 is 0 Å². The Kier molecular flexibility index (Phi) is 4.20. The van der Waals surface area contributed by atoms with Crippen molar-refractivity contribution in [2.45, 2.75) is 38.3 Å². The highest BCUT2D eigenvalue weighted by atomic mass is 16.2. The van der Waals surface area contributed by atoms with E-state index in [2.05, 4.69) is 16.0 Å². The number of nitrogens with one attached hydrogen (secondary N) is 3. The molecule has 5 nitrogen and oxygen atoms in total. The van der Waals surface area contributed by atoms with Crippen LogP contribution in [0.2, 0.25) is 0 Å². The molecule has 1 aliphatic carbocycles. The summed E-state index contributed by atoms with van der Waals surface area (Å²) in [4.78, 5) is 23.6. The molecule has 0 spiro atoms. The number of hydrogen-bond acceptors (Lipinski definition) is 3. The van der Waals surface area contributed by atoms with Gasteiger partial charge in [0.05, 0.1) is 0 Å². The zero-order chi connectivity index (χ0) is 14.7. The standard InChI is InChI=1S/C16H21N3O2/c20-15(19-14-3-4-14)6-8-18-16(21)12-2-1-11-5-7-17-10-13(11)9-12/h1-2,9,14,17H,3-8,10H2,(H,18,21)(H,19,20). The fraction of sp³-hybridized carbons (Fsp3) is 0.500. The second-order valence-corrected chi connectivity index (χ2v) is 5.76. The van der Waals surface area contributed by atoms with Gasteiger partial charge in [0.2, 0.25) is 5.91 Å². The third-order valence-corrected chi connectivity index (χ3v) is 3.94. The third kappa shape index (κ3) is 3.82. The highest BCUT2D eigenvalue weighted by molar-refractivity contribution is 5.94. The Morgan fingerprint density at radius 2 is 2.10 bits per heavy atom. The smallest absolute Gasteiger partial charge is 0.251 e. The van der Waals surface area contributed by atoms with Crippen LogP contribution in [0.15, 0.2) is 18.2 Å². The van der Waals surface area contributed by atoms with Gasteiger partial charge in [0.15, 0.2) is 0 Å². The maximum atomic E-state index is 12.1. The van der Waals surface area contributed by atoms with Gasteiger partial charge >= 0.3 is 0 Å². The molecule has 1 aromatic rings. The summed E-state index contributed by atoms with van der Waals surface area (Å²) >= 11 is 0. The molecule has 1 aromatic carbocycles. The van der Waals surface area contributed by atoms with E-state index in [1.807, 2.05) is 18.2 Å². The first kappa shape index (κ1) is 14.1. The monoisotopic (exact) mass is 287 g/mol. The molecule has 2 aliphatic rings. The number of benzene rings is 1.